The van der Waals surface area contributed by atoms with Crippen LogP contribution < -0.4 is 4.74 Å². The Morgan fingerprint density at radius 1 is 0.684 bits per heavy atom. The maximum atomic E-state index is 6.06. The molecule has 0 atom stereocenters. The largest absolute Gasteiger partial charge is 0.486 e. The Bertz CT molecular complexity index is 569. The molecule has 6 heteroatoms. The van der Waals surface area contributed by atoms with Crippen LogP contribution in [0.3, 0.4) is 0 Å². The molecule has 19 heavy (non-hydrogen) atoms. The molecule has 0 radical (unpaired) electrons. The van der Waals surface area contributed by atoms with Crippen molar-refractivity contribution in [3.63, 3.8) is 0 Å². The molecule has 2 rings (SSSR count). The van der Waals surface area contributed by atoms with E-state index in [1.165, 1.54) is 0 Å². The first-order chi connectivity index (χ1) is 9.02. The summed E-state index contributed by atoms with van der Waals surface area (Å²) in [5.74, 6) is 0.228. The summed E-state index contributed by atoms with van der Waals surface area (Å²) in [5.41, 5.74) is 0.969. The molecule has 0 bridgehead atoms. The van der Waals surface area contributed by atoms with Gasteiger partial charge in [0.1, 0.15) is 16.7 Å². The summed E-state index contributed by atoms with van der Waals surface area (Å²) in [4.78, 5) is 0. The first kappa shape index (κ1) is 15.1. The van der Waals surface area contributed by atoms with Crippen LogP contribution in [0.4, 0.5) is 0 Å². The summed E-state index contributed by atoms with van der Waals surface area (Å²) in [7, 11) is 0. The van der Waals surface area contributed by atoms with E-state index < -0.39 is 0 Å². The Kier molecular flexibility index (Phi) is 5.10. The first-order valence-corrected chi connectivity index (χ1v) is 7.09. The van der Waals surface area contributed by atoms with Crippen molar-refractivity contribution in [3.8, 4) is 5.75 Å². The molecular weight excluding hydrogens is 349 g/mol. The molecule has 0 heterocycles. The Morgan fingerprint density at radius 3 is 1.68 bits per heavy atom. The monoisotopic (exact) mass is 354 g/mol. The van der Waals surface area contributed by atoms with Gasteiger partial charge < -0.3 is 4.74 Å². The van der Waals surface area contributed by atoms with Gasteiger partial charge in [-0.25, -0.2) is 0 Å². The summed E-state index contributed by atoms with van der Waals surface area (Å²) in [6.45, 7) is 0.300. The normalized spacial score (nSPS) is 10.6. The van der Waals surface area contributed by atoms with Crippen molar-refractivity contribution in [1.82, 2.24) is 0 Å². The molecule has 1 nitrogen and oxygen atoms in total. The molecule has 0 spiro atoms. The molecule has 2 aromatic rings. The summed E-state index contributed by atoms with van der Waals surface area (Å²) >= 11 is 29.9. The second-order valence-electron chi connectivity index (χ2n) is 3.67. The average Bonchev–Trinajstić information content (AvgIpc) is 2.44. The molecule has 0 aromatic heterocycles. The summed E-state index contributed by atoms with van der Waals surface area (Å²) in [6, 6.07) is 9.56. The van der Waals surface area contributed by atoms with Crippen LogP contribution in [-0.4, -0.2) is 0 Å². The molecule has 0 aliphatic carbocycles. The van der Waals surface area contributed by atoms with E-state index in [0.29, 0.717) is 6.61 Å². The number of hydrogen-bond donors (Lipinski definition) is 0. The van der Waals surface area contributed by atoms with Gasteiger partial charge in [0.2, 0.25) is 0 Å². The van der Waals surface area contributed by atoms with E-state index in [2.05, 4.69) is 0 Å². The van der Waals surface area contributed by atoms with Crippen molar-refractivity contribution in [1.29, 1.82) is 0 Å². The zero-order valence-electron chi connectivity index (χ0n) is 9.39. The lowest BCUT2D eigenvalue weighted by atomic mass is 10.2. The Balaban J connectivity index is 2.31. The van der Waals surface area contributed by atoms with Crippen LogP contribution >= 0.6 is 58.0 Å². The van der Waals surface area contributed by atoms with Crippen LogP contribution in [0.2, 0.25) is 25.1 Å². The minimum Gasteiger partial charge on any atom is -0.486 e. The van der Waals surface area contributed by atoms with E-state index in [1.54, 1.807) is 0 Å². The SMILES string of the molecule is Clc1c(Cl)c(Cl)c(OCc2ccccc2)c(Cl)c1Cl. The summed E-state index contributed by atoms with van der Waals surface area (Å²) < 4.78 is 5.58. The lowest BCUT2D eigenvalue weighted by Crippen LogP contribution is -1.97. The van der Waals surface area contributed by atoms with Crippen LogP contribution in [0.25, 0.3) is 0 Å². The molecule has 0 amide bonds. The van der Waals surface area contributed by atoms with Crippen LogP contribution in [0.1, 0.15) is 5.56 Å². The van der Waals surface area contributed by atoms with Crippen molar-refractivity contribution < 1.29 is 4.74 Å². The highest BCUT2D eigenvalue weighted by molar-refractivity contribution is 6.55. The summed E-state index contributed by atoms with van der Waals surface area (Å²) in [6.07, 6.45) is 0. The molecule has 0 aliphatic rings. The maximum Gasteiger partial charge on any atom is 0.160 e. The molecule has 0 saturated heterocycles. The predicted octanol–water partition coefficient (Wildman–Crippen LogP) is 6.53. The van der Waals surface area contributed by atoms with Gasteiger partial charge >= 0.3 is 0 Å². The van der Waals surface area contributed by atoms with Crippen LogP contribution in [-0.2, 0) is 6.61 Å². The topological polar surface area (TPSA) is 9.23 Å². The fourth-order valence-electron chi connectivity index (χ4n) is 1.44. The molecule has 0 N–H and O–H groups in total. The Labute approximate surface area is 135 Å². The fourth-order valence-corrected chi connectivity index (χ4v) is 2.67. The van der Waals surface area contributed by atoms with Gasteiger partial charge in [-0.05, 0) is 5.56 Å². The van der Waals surface area contributed by atoms with Crippen molar-refractivity contribution in [2.75, 3.05) is 0 Å². The van der Waals surface area contributed by atoms with Crippen molar-refractivity contribution in [3.05, 3.63) is 61.0 Å². The van der Waals surface area contributed by atoms with Gasteiger partial charge in [-0.15, -0.1) is 0 Å². The van der Waals surface area contributed by atoms with Crippen molar-refractivity contribution in [2.45, 2.75) is 6.61 Å². The molecule has 0 unspecified atom stereocenters. The standard InChI is InChI=1S/C13H7Cl5O/c14-8-9(15)11(17)13(12(18)10(8)16)19-6-7-4-2-1-3-5-7/h1-5H,6H2. The summed E-state index contributed by atoms with van der Waals surface area (Å²) in [5, 5.41) is 0.668. The van der Waals surface area contributed by atoms with Gasteiger partial charge in [0.25, 0.3) is 0 Å². The lowest BCUT2D eigenvalue weighted by molar-refractivity contribution is 0.306. The van der Waals surface area contributed by atoms with Gasteiger partial charge in [-0.3, -0.25) is 0 Å². The highest BCUT2D eigenvalue weighted by Crippen LogP contribution is 2.48. The number of halogens is 5. The zero-order valence-corrected chi connectivity index (χ0v) is 13.2. The third-order valence-electron chi connectivity index (χ3n) is 2.40. The third-order valence-corrected chi connectivity index (χ3v) is 4.64. The van der Waals surface area contributed by atoms with E-state index >= 15 is 0 Å². The van der Waals surface area contributed by atoms with Gasteiger partial charge in [0.05, 0.1) is 15.1 Å². The van der Waals surface area contributed by atoms with Crippen molar-refractivity contribution >= 4 is 58.0 Å². The van der Waals surface area contributed by atoms with Gasteiger partial charge in [-0.1, -0.05) is 88.3 Å². The fraction of sp³-hybridized carbons (Fsp3) is 0.0769. The Hall–Kier alpha value is -0.310. The predicted molar refractivity (Wildman–Crippen MR) is 82.3 cm³/mol. The number of rotatable bonds is 3. The number of ether oxygens (including phenoxy) is 1. The molecule has 2 aromatic carbocycles. The van der Waals surface area contributed by atoms with E-state index in [9.17, 15) is 0 Å². The minimum absolute atomic E-state index is 0.116. The number of hydrogen-bond acceptors (Lipinski definition) is 1. The molecule has 100 valence electrons. The second-order valence-corrected chi connectivity index (χ2v) is 5.56. The van der Waals surface area contributed by atoms with Crippen LogP contribution in [0.5, 0.6) is 5.75 Å². The molecule has 0 saturated carbocycles. The molecule has 0 aliphatic heterocycles. The molecule has 0 fully saturated rings. The highest BCUT2D eigenvalue weighted by atomic mass is 35.5. The minimum atomic E-state index is 0.116. The van der Waals surface area contributed by atoms with Crippen LogP contribution in [0, 0.1) is 0 Å². The van der Waals surface area contributed by atoms with Gasteiger partial charge in [-0.2, -0.15) is 0 Å². The number of benzene rings is 2. The first-order valence-electron chi connectivity index (χ1n) is 5.20. The van der Waals surface area contributed by atoms with Crippen LogP contribution in [0.15, 0.2) is 30.3 Å². The van der Waals surface area contributed by atoms with Crippen molar-refractivity contribution in [2.24, 2.45) is 0 Å². The van der Waals surface area contributed by atoms with E-state index in [-0.39, 0.29) is 30.9 Å². The quantitative estimate of drug-likeness (QED) is 0.448. The van der Waals surface area contributed by atoms with Gasteiger partial charge in [0, 0.05) is 0 Å². The smallest absolute Gasteiger partial charge is 0.160 e. The highest BCUT2D eigenvalue weighted by Gasteiger charge is 2.20. The zero-order chi connectivity index (χ0) is 14.0. The lowest BCUT2D eigenvalue weighted by Gasteiger charge is -2.13. The second kappa shape index (κ2) is 6.43. The van der Waals surface area contributed by atoms with E-state index in [1.807, 2.05) is 30.3 Å². The van der Waals surface area contributed by atoms with E-state index in [4.69, 9.17) is 62.7 Å². The average molecular weight is 356 g/mol. The third kappa shape index (κ3) is 3.24. The maximum absolute atomic E-state index is 6.06. The van der Waals surface area contributed by atoms with Gasteiger partial charge in [0.15, 0.2) is 5.75 Å². The van der Waals surface area contributed by atoms with E-state index in [0.717, 1.165) is 5.56 Å². The molecular formula is C13H7Cl5O. The Morgan fingerprint density at radius 2 is 1.16 bits per heavy atom.